The first-order valence-electron chi connectivity index (χ1n) is 27.7. The van der Waals surface area contributed by atoms with Gasteiger partial charge in [-0.1, -0.05) is 196 Å². The van der Waals surface area contributed by atoms with Crippen LogP contribution < -0.4 is 0 Å². The third-order valence-electron chi connectivity index (χ3n) is 12.5. The molecule has 6 atom stereocenters. The minimum atomic E-state index is -5.14. The Bertz CT molecular complexity index is 1510. The van der Waals surface area contributed by atoms with E-state index in [0.717, 1.165) is 70.6 Å². The number of phosphoric acid groups is 1. The zero-order chi connectivity index (χ0) is 52.1. The summed E-state index contributed by atoms with van der Waals surface area (Å²) < 4.78 is 33.7. The number of esters is 2. The largest absolute Gasteiger partial charge is 0.472 e. The topological polar surface area (TPSA) is 210 Å². The number of allylic oxidation sites excluding steroid dienone is 12. The van der Waals surface area contributed by atoms with Crippen molar-refractivity contribution in [3.8, 4) is 0 Å². The molecule has 0 aromatic rings. The van der Waals surface area contributed by atoms with E-state index in [1.165, 1.54) is 109 Å². The van der Waals surface area contributed by atoms with Gasteiger partial charge in [-0.3, -0.25) is 18.6 Å². The first-order chi connectivity index (χ1) is 34.4. The van der Waals surface area contributed by atoms with E-state index in [-0.39, 0.29) is 12.8 Å². The van der Waals surface area contributed by atoms with Crippen molar-refractivity contribution >= 4 is 19.8 Å². The van der Waals surface area contributed by atoms with Crippen LogP contribution in [0.15, 0.2) is 72.9 Å². The van der Waals surface area contributed by atoms with Crippen molar-refractivity contribution in [3.63, 3.8) is 0 Å². The molecule has 0 amide bonds. The summed E-state index contributed by atoms with van der Waals surface area (Å²) in [6, 6.07) is 0. The number of aliphatic hydroxyl groups is 5. The fourth-order valence-electron chi connectivity index (χ4n) is 8.13. The Balaban J connectivity index is 2.38. The minimum absolute atomic E-state index is 0.0548. The monoisotopic (exact) mass is 1020 g/mol. The predicted molar refractivity (Wildman–Crippen MR) is 285 cm³/mol. The number of ether oxygens (including phenoxy) is 2. The molecule has 71 heavy (non-hydrogen) atoms. The highest BCUT2D eigenvalue weighted by Crippen LogP contribution is 2.47. The van der Waals surface area contributed by atoms with Gasteiger partial charge in [-0.2, -0.15) is 0 Å². The molecule has 1 aliphatic carbocycles. The molecule has 13 nitrogen and oxygen atoms in total. The number of carbonyl (C=O) groups is 2. The molecule has 410 valence electrons. The van der Waals surface area contributed by atoms with Gasteiger partial charge >= 0.3 is 19.8 Å². The maximum absolute atomic E-state index is 12.9. The second-order valence-electron chi connectivity index (χ2n) is 19.1. The van der Waals surface area contributed by atoms with Crippen LogP contribution in [-0.4, -0.2) is 98.3 Å². The van der Waals surface area contributed by atoms with E-state index in [4.69, 9.17) is 18.5 Å². The number of rotatable bonds is 46. The first-order valence-corrected chi connectivity index (χ1v) is 29.2. The molecule has 1 saturated carbocycles. The summed E-state index contributed by atoms with van der Waals surface area (Å²) in [7, 11) is -5.14. The van der Waals surface area contributed by atoms with E-state index in [1.807, 2.05) is 0 Å². The molecule has 6 unspecified atom stereocenters. The van der Waals surface area contributed by atoms with Crippen LogP contribution in [0.2, 0.25) is 0 Å². The fraction of sp³-hybridized carbons (Fsp3) is 0.754. The van der Waals surface area contributed by atoms with Gasteiger partial charge < -0.3 is 39.9 Å². The second-order valence-corrected chi connectivity index (χ2v) is 20.5. The zero-order valence-corrected chi connectivity index (χ0v) is 44.9. The lowest BCUT2D eigenvalue weighted by molar-refractivity contribution is -0.220. The average molecular weight is 1020 g/mol. The number of unbranched alkanes of at least 4 members (excludes halogenated alkanes) is 22. The molecule has 1 rings (SSSR count). The summed E-state index contributed by atoms with van der Waals surface area (Å²) >= 11 is 0. The van der Waals surface area contributed by atoms with Crippen LogP contribution >= 0.6 is 7.82 Å². The summed E-state index contributed by atoms with van der Waals surface area (Å²) in [5.41, 5.74) is 0. The SMILES string of the molecule is CC/C=C\C/C=C\C/C=C\C/C=C\C/C=C\CCCCCC(=O)OC(COC(=O)CCCCCCCCCCCCC/C=C\CCCCCCCCCC)COP(=O)(O)OC1C(O)C(O)C(O)C(O)C1O. The third-order valence-corrected chi connectivity index (χ3v) is 13.5. The van der Waals surface area contributed by atoms with Gasteiger partial charge in [0.05, 0.1) is 6.61 Å². The first kappa shape index (κ1) is 66.3. The highest BCUT2D eigenvalue weighted by molar-refractivity contribution is 7.47. The molecule has 6 N–H and O–H groups in total. The summed E-state index contributed by atoms with van der Waals surface area (Å²) in [4.78, 5) is 35.9. The summed E-state index contributed by atoms with van der Waals surface area (Å²) in [6.07, 6.45) is 46.6. The molecule has 1 aliphatic rings. The van der Waals surface area contributed by atoms with Gasteiger partial charge in [0.2, 0.25) is 0 Å². The molecular weight excluding hydrogens is 924 g/mol. The molecule has 0 radical (unpaired) electrons. The van der Waals surface area contributed by atoms with Crippen molar-refractivity contribution in [1.29, 1.82) is 0 Å². The molecule has 0 aliphatic heterocycles. The van der Waals surface area contributed by atoms with Gasteiger partial charge in [0, 0.05) is 12.8 Å². The van der Waals surface area contributed by atoms with Crippen LogP contribution in [0.4, 0.5) is 0 Å². The van der Waals surface area contributed by atoms with Gasteiger partial charge in [0.15, 0.2) is 6.10 Å². The number of aliphatic hydroxyl groups excluding tert-OH is 5. The smallest absolute Gasteiger partial charge is 0.462 e. The molecule has 0 spiro atoms. The van der Waals surface area contributed by atoms with E-state index in [2.05, 4.69) is 86.8 Å². The van der Waals surface area contributed by atoms with Crippen molar-refractivity contribution in [2.24, 2.45) is 0 Å². The van der Waals surface area contributed by atoms with Crippen LogP contribution in [-0.2, 0) is 32.7 Å². The molecule has 0 saturated heterocycles. The van der Waals surface area contributed by atoms with Crippen molar-refractivity contribution < 1.29 is 63.1 Å². The van der Waals surface area contributed by atoms with Gasteiger partial charge in [-0.05, 0) is 83.5 Å². The fourth-order valence-corrected chi connectivity index (χ4v) is 9.11. The van der Waals surface area contributed by atoms with Crippen LogP contribution in [0, 0.1) is 0 Å². The molecule has 0 aromatic heterocycles. The molecule has 14 heteroatoms. The second kappa shape index (κ2) is 45.9. The summed E-state index contributed by atoms with van der Waals surface area (Å²) in [5, 5.41) is 50.3. The normalized spacial score (nSPS) is 21.2. The lowest BCUT2D eigenvalue weighted by Crippen LogP contribution is -2.64. The van der Waals surface area contributed by atoms with Gasteiger partial charge in [0.25, 0.3) is 0 Å². The van der Waals surface area contributed by atoms with E-state index >= 15 is 0 Å². The molecule has 1 fully saturated rings. The highest BCUT2D eigenvalue weighted by Gasteiger charge is 2.51. The maximum atomic E-state index is 12.9. The van der Waals surface area contributed by atoms with E-state index in [1.54, 1.807) is 0 Å². The summed E-state index contributed by atoms with van der Waals surface area (Å²) in [6.45, 7) is 3.19. The quantitative estimate of drug-likeness (QED) is 0.0145. The van der Waals surface area contributed by atoms with Crippen LogP contribution in [0.3, 0.4) is 0 Å². The van der Waals surface area contributed by atoms with Crippen LogP contribution in [0.5, 0.6) is 0 Å². The molecule has 0 aromatic carbocycles. The van der Waals surface area contributed by atoms with Gasteiger partial charge in [-0.15, -0.1) is 0 Å². The Morgan fingerprint density at radius 1 is 0.451 bits per heavy atom. The van der Waals surface area contributed by atoms with Crippen LogP contribution in [0.25, 0.3) is 0 Å². The number of hydrogen-bond acceptors (Lipinski definition) is 12. The van der Waals surface area contributed by atoms with Gasteiger partial charge in [-0.25, -0.2) is 4.57 Å². The molecule has 0 bridgehead atoms. The predicted octanol–water partition coefficient (Wildman–Crippen LogP) is 12.6. The minimum Gasteiger partial charge on any atom is -0.462 e. The van der Waals surface area contributed by atoms with E-state index in [0.29, 0.717) is 12.8 Å². The third kappa shape index (κ3) is 37.6. The highest BCUT2D eigenvalue weighted by atomic mass is 31.2. The Morgan fingerprint density at radius 3 is 1.25 bits per heavy atom. The number of hydrogen-bond donors (Lipinski definition) is 6. The molecular formula is C57H99O13P. The van der Waals surface area contributed by atoms with E-state index < -0.39 is 75.7 Å². The Labute approximate surface area is 429 Å². The Hall–Kier alpha value is -2.71. The maximum Gasteiger partial charge on any atom is 0.472 e. The van der Waals surface area contributed by atoms with E-state index in [9.17, 15) is 44.6 Å². The average Bonchev–Trinajstić information content (AvgIpc) is 3.35. The van der Waals surface area contributed by atoms with Crippen LogP contribution in [0.1, 0.15) is 219 Å². The zero-order valence-electron chi connectivity index (χ0n) is 44.0. The standard InChI is InChI=1S/C57H99O13P/c1-3-5-7-9-11-13-15-17-19-21-23-24-25-26-28-29-31-33-35-37-39-41-43-45-50(58)67-47-49(48-68-71(65,66)70-57-55(63)53(61)52(60)54(62)56(57)64)69-51(59)46-44-42-40-38-36-34-32-30-27-22-20-18-16-14-12-10-8-6-4-2/h6,8,12,14,18,20-21,23,27,30,34,36,49,52-57,60-64H,3-5,7,9-11,13,15-17,19,22,24-26,28-29,31-33,35,37-48H2,1-2H3,(H,65,66)/b8-6-,14-12-,20-18-,23-21-,30-27-,36-34-. The van der Waals surface area contributed by atoms with Crippen molar-refractivity contribution in [2.45, 2.75) is 262 Å². The van der Waals surface area contributed by atoms with Gasteiger partial charge in [0.1, 0.15) is 43.2 Å². The summed E-state index contributed by atoms with van der Waals surface area (Å²) in [5.74, 6) is -1.14. The Kier molecular flexibility index (Phi) is 42.8. The molecule has 0 heterocycles. The van der Waals surface area contributed by atoms with Crippen molar-refractivity contribution in [1.82, 2.24) is 0 Å². The van der Waals surface area contributed by atoms with Crippen molar-refractivity contribution in [3.05, 3.63) is 72.9 Å². The van der Waals surface area contributed by atoms with Crippen molar-refractivity contribution in [2.75, 3.05) is 13.2 Å². The number of phosphoric ester groups is 1. The lowest BCUT2D eigenvalue weighted by atomic mass is 9.85. The lowest BCUT2D eigenvalue weighted by Gasteiger charge is -2.41. The number of carbonyl (C=O) groups excluding carboxylic acids is 2. The Morgan fingerprint density at radius 2 is 0.803 bits per heavy atom.